The van der Waals surface area contributed by atoms with Crippen LogP contribution in [-0.4, -0.2) is 203 Å². The van der Waals surface area contributed by atoms with Crippen LogP contribution in [0.4, 0.5) is 0 Å². The van der Waals surface area contributed by atoms with Gasteiger partial charge in [-0.1, -0.05) is 41.5 Å². The number of carboxylic acid groups (broad SMARTS) is 6. The van der Waals surface area contributed by atoms with E-state index >= 15 is 0 Å². The van der Waals surface area contributed by atoms with E-state index in [-0.39, 0.29) is 0 Å². The Labute approximate surface area is 438 Å². The molecule has 0 aromatic heterocycles. The monoisotopic (exact) mass is 1110 g/mol. The Morgan fingerprint density at radius 2 is 0.636 bits per heavy atom. The van der Waals surface area contributed by atoms with Crippen molar-refractivity contribution in [1.82, 2.24) is 47.9 Å². The topological polar surface area (TPSA) is 552 Å². The van der Waals surface area contributed by atoms with Gasteiger partial charge in [0, 0.05) is 12.8 Å². The quantitative estimate of drug-likeness (QED) is 0.0277. The van der Waals surface area contributed by atoms with E-state index in [1.807, 2.05) is 5.32 Å². The molecule has 33 heteroatoms. The molecule has 0 radical (unpaired) electrons. The number of carboxylic acids is 6. The van der Waals surface area contributed by atoms with Crippen LogP contribution in [0.1, 0.15) is 93.4 Å². The Bertz CT molecular complexity index is 2190. The Morgan fingerprint density at radius 3 is 0.987 bits per heavy atom. The van der Waals surface area contributed by atoms with E-state index < -0.39 is 225 Å². The number of aliphatic carboxylic acids is 6. The number of amides is 9. The molecule has 0 unspecified atom stereocenters. The van der Waals surface area contributed by atoms with Gasteiger partial charge in [-0.15, -0.1) is 0 Å². The lowest BCUT2D eigenvalue weighted by Crippen LogP contribution is -2.63. The van der Waals surface area contributed by atoms with Gasteiger partial charge < -0.3 is 94.4 Å². The number of carbonyl (C=O) groups excluding carboxylic acids is 9. The zero-order valence-electron chi connectivity index (χ0n) is 43.0. The summed E-state index contributed by atoms with van der Waals surface area (Å²) < 4.78 is 0. The second kappa shape index (κ2) is 33.1. The lowest BCUT2D eigenvalue weighted by Gasteiger charge is -2.30. The second-order valence-electron chi connectivity index (χ2n) is 18.5. The fraction of sp³-hybridized carbons (Fsp3) is 0.659. The van der Waals surface area contributed by atoms with Gasteiger partial charge in [0.1, 0.15) is 54.4 Å². The number of carbonyl (C=O) groups is 15. The molecule has 0 aliphatic carbocycles. The van der Waals surface area contributed by atoms with Crippen LogP contribution in [0.15, 0.2) is 0 Å². The van der Waals surface area contributed by atoms with Crippen LogP contribution in [0.2, 0.25) is 0 Å². The van der Waals surface area contributed by atoms with E-state index in [2.05, 4.69) is 42.5 Å². The standard InChI is InChI=1S/C44H70N10O23/c1-16(2)31(51-37(69)22(9-11-27(59)60)47-36(68)21(8-10-26(57)58)46-35(67)20(45)12-28(61)62)40(72)48-23(13-29(63)64)38(70)52-33(18(5)6)42(74)54-34(19(7)56)43(75)50-25(15-55)39(71)53-32(17(3)4)41(73)49-24(44(76)77)14-30(65)66/h16-25,31-34,55-56H,8-15,45H2,1-7H3,(H,46,67)(H,47,68)(H,48,72)(H,49,73)(H,50,75)(H,51,69)(H,52,70)(H,53,71)(H,54,74)(H,57,58)(H,59,60)(H,61,62)(H,63,64)(H,65,66)(H,76,77)/t19-,20+,21+,22+,23+,24+,25+,31+,32+,33+,34+/m1/s1. The van der Waals surface area contributed by atoms with E-state index in [0.29, 0.717) is 0 Å². The summed E-state index contributed by atoms with van der Waals surface area (Å²) in [7, 11) is 0. The highest BCUT2D eigenvalue weighted by atomic mass is 16.4. The number of aliphatic hydroxyl groups excluding tert-OH is 2. The first-order valence-electron chi connectivity index (χ1n) is 23.6. The second-order valence-corrected chi connectivity index (χ2v) is 18.5. The molecular weight excluding hydrogens is 1040 g/mol. The third kappa shape index (κ3) is 25.3. The molecule has 11 atom stereocenters. The number of rotatable bonds is 36. The van der Waals surface area contributed by atoms with Gasteiger partial charge in [-0.05, 0) is 37.5 Å². The van der Waals surface area contributed by atoms with Crippen LogP contribution in [0, 0.1) is 17.8 Å². The predicted octanol–water partition coefficient (Wildman–Crippen LogP) is -6.74. The molecule has 0 aromatic carbocycles. The van der Waals surface area contributed by atoms with Crippen molar-refractivity contribution in [3.05, 3.63) is 0 Å². The molecule has 0 aliphatic heterocycles. The van der Waals surface area contributed by atoms with Gasteiger partial charge in [-0.25, -0.2) is 4.79 Å². The summed E-state index contributed by atoms with van der Waals surface area (Å²) in [5, 5.41) is 95.4. The van der Waals surface area contributed by atoms with Crippen molar-refractivity contribution in [3.8, 4) is 0 Å². The molecule has 0 saturated heterocycles. The molecule has 0 rings (SSSR count). The molecule has 33 nitrogen and oxygen atoms in total. The first-order chi connectivity index (χ1) is 35.5. The zero-order valence-corrected chi connectivity index (χ0v) is 43.0. The van der Waals surface area contributed by atoms with Crippen molar-refractivity contribution >= 4 is 89.0 Å². The van der Waals surface area contributed by atoms with Gasteiger partial charge in [0.15, 0.2) is 0 Å². The van der Waals surface area contributed by atoms with Gasteiger partial charge in [0.25, 0.3) is 0 Å². The first-order valence-corrected chi connectivity index (χ1v) is 23.6. The Balaban J connectivity index is 6.51. The van der Waals surface area contributed by atoms with E-state index in [1.54, 1.807) is 0 Å². The highest BCUT2D eigenvalue weighted by Gasteiger charge is 2.39. The number of hydrogen-bond donors (Lipinski definition) is 18. The Hall–Kier alpha value is -8.07. The smallest absolute Gasteiger partial charge is 0.326 e. The van der Waals surface area contributed by atoms with Crippen LogP contribution >= 0.6 is 0 Å². The maximum absolute atomic E-state index is 13.8. The van der Waals surface area contributed by atoms with Crippen LogP contribution in [0.3, 0.4) is 0 Å². The molecule has 0 spiro atoms. The maximum Gasteiger partial charge on any atom is 0.326 e. The fourth-order valence-electron chi connectivity index (χ4n) is 6.66. The van der Waals surface area contributed by atoms with Crippen LogP contribution in [0.5, 0.6) is 0 Å². The molecule has 0 bridgehead atoms. The van der Waals surface area contributed by atoms with Crippen molar-refractivity contribution in [3.63, 3.8) is 0 Å². The molecule has 434 valence electrons. The largest absolute Gasteiger partial charge is 0.481 e. The molecule has 0 heterocycles. The van der Waals surface area contributed by atoms with E-state index in [9.17, 15) is 103 Å². The van der Waals surface area contributed by atoms with Gasteiger partial charge in [0.05, 0.1) is 38.0 Å². The SMILES string of the molecule is CC(C)[C@H](NC(=O)[C@H](CO)NC(=O)[C@@H](NC(=O)[C@@H](NC(=O)[C@H](CC(=O)O)NC(=O)[C@@H](NC(=O)[C@H](CCC(=O)O)NC(=O)[C@H](CCC(=O)O)NC(=O)[C@@H](N)CC(=O)O)C(C)C)C(C)C)[C@@H](C)O)C(=O)N[C@@H](CC(=O)O)C(=O)O. The third-order valence-electron chi connectivity index (χ3n) is 10.9. The third-order valence-corrected chi connectivity index (χ3v) is 10.9. The molecule has 0 aliphatic rings. The lowest BCUT2D eigenvalue weighted by atomic mass is 9.99. The molecular formula is C44H70N10O23. The van der Waals surface area contributed by atoms with Crippen LogP contribution < -0.4 is 53.6 Å². The summed E-state index contributed by atoms with van der Waals surface area (Å²) in [5.41, 5.74) is 5.55. The molecule has 77 heavy (non-hydrogen) atoms. The lowest BCUT2D eigenvalue weighted by molar-refractivity contribution is -0.147. The van der Waals surface area contributed by atoms with Gasteiger partial charge in [0.2, 0.25) is 53.2 Å². The van der Waals surface area contributed by atoms with Crippen molar-refractivity contribution in [2.24, 2.45) is 23.5 Å². The predicted molar refractivity (Wildman–Crippen MR) is 257 cm³/mol. The minimum Gasteiger partial charge on any atom is -0.481 e. The van der Waals surface area contributed by atoms with E-state index in [1.165, 1.54) is 41.5 Å². The highest BCUT2D eigenvalue weighted by molar-refractivity contribution is 6.00. The molecule has 0 fully saturated rings. The maximum atomic E-state index is 13.8. The fourth-order valence-corrected chi connectivity index (χ4v) is 6.66. The van der Waals surface area contributed by atoms with Crippen molar-refractivity contribution in [1.29, 1.82) is 0 Å². The zero-order chi connectivity index (χ0) is 59.8. The summed E-state index contributed by atoms with van der Waals surface area (Å²) in [6.45, 7) is 8.18. The molecule has 9 amide bonds. The average molecular weight is 1110 g/mol. The summed E-state index contributed by atoms with van der Waals surface area (Å²) in [5.74, 6) is -23.2. The number of hydrogen-bond acceptors (Lipinski definition) is 18. The first kappa shape index (κ1) is 68.9. The van der Waals surface area contributed by atoms with Crippen molar-refractivity contribution < 1.29 is 113 Å². The van der Waals surface area contributed by atoms with Gasteiger partial charge >= 0.3 is 35.8 Å². The number of nitrogens with two attached hydrogens (primary N) is 1. The highest BCUT2D eigenvalue weighted by Crippen LogP contribution is 2.11. The summed E-state index contributed by atoms with van der Waals surface area (Å²) in [6.07, 6.45) is -7.72. The minimum atomic E-state index is -2.04. The Kier molecular flexibility index (Phi) is 29.6. The molecule has 19 N–H and O–H groups in total. The summed E-state index contributed by atoms with van der Waals surface area (Å²) in [6, 6.07) is -18.1. The number of aliphatic hydroxyl groups is 2. The average Bonchev–Trinajstić information content (AvgIpc) is 3.30. The van der Waals surface area contributed by atoms with Crippen LogP contribution in [-0.2, 0) is 71.9 Å². The normalized spacial score (nSPS) is 15.4. The minimum absolute atomic E-state index is 0.629. The van der Waals surface area contributed by atoms with Crippen molar-refractivity contribution in [2.75, 3.05) is 6.61 Å². The Morgan fingerprint density at radius 1 is 0.351 bits per heavy atom. The van der Waals surface area contributed by atoms with E-state index in [4.69, 9.17) is 15.9 Å². The van der Waals surface area contributed by atoms with Crippen LogP contribution in [0.25, 0.3) is 0 Å². The van der Waals surface area contributed by atoms with Crippen molar-refractivity contribution in [2.45, 2.75) is 160 Å². The summed E-state index contributed by atoms with van der Waals surface area (Å²) in [4.78, 5) is 189. The van der Waals surface area contributed by atoms with Gasteiger partial charge in [-0.2, -0.15) is 0 Å². The summed E-state index contributed by atoms with van der Waals surface area (Å²) >= 11 is 0. The van der Waals surface area contributed by atoms with Gasteiger partial charge in [-0.3, -0.25) is 67.1 Å². The number of nitrogens with one attached hydrogen (secondary N) is 9. The molecule has 0 saturated carbocycles. The van der Waals surface area contributed by atoms with E-state index in [0.717, 1.165) is 6.92 Å². The molecule has 0 aromatic rings.